The van der Waals surface area contributed by atoms with Gasteiger partial charge in [-0.15, -0.1) is 6.58 Å². The number of nitrogens with zero attached hydrogens (tertiary/aromatic N) is 5. The van der Waals surface area contributed by atoms with E-state index < -0.39 is 6.04 Å². The minimum atomic E-state index is -0.512. The number of hydrogen-bond donors (Lipinski definition) is 0. The molecule has 0 N–H and O–H groups in total. The van der Waals surface area contributed by atoms with Crippen molar-refractivity contribution in [3.63, 3.8) is 0 Å². The zero-order valence-corrected chi connectivity index (χ0v) is 17.2. The van der Waals surface area contributed by atoms with E-state index in [1.54, 1.807) is 16.7 Å². The number of hydrogen-bond acceptors (Lipinski definition) is 4. The van der Waals surface area contributed by atoms with Gasteiger partial charge in [0, 0.05) is 39.1 Å². The molecule has 0 saturated carbocycles. The van der Waals surface area contributed by atoms with E-state index in [2.05, 4.69) is 16.6 Å². The fraction of sp³-hybridized carbons (Fsp3) is 0.500. The summed E-state index contributed by atoms with van der Waals surface area (Å²) in [7, 11) is 0. The molecule has 7 nitrogen and oxygen atoms in total. The van der Waals surface area contributed by atoms with Gasteiger partial charge in [-0.25, -0.2) is 13.9 Å². The van der Waals surface area contributed by atoms with Gasteiger partial charge in [0.05, 0.1) is 6.54 Å². The summed E-state index contributed by atoms with van der Waals surface area (Å²) in [5.74, 6) is 0.311. The lowest BCUT2D eigenvalue weighted by Gasteiger charge is -2.36. The van der Waals surface area contributed by atoms with Crippen LogP contribution in [0.4, 0.5) is 4.39 Å². The zero-order valence-electron chi connectivity index (χ0n) is 17.2. The standard InChI is InChI=1S/C22H28FN5O2/c1-2-10-25-11-13-26(14-12-25)21(29)19-8-3-4-9-20-24-27(22(30)28(19)20)16-17-6-5-7-18(23)15-17/h2,5-7,15,19H,1,3-4,8-14,16H2. The number of carbonyl (C=O) groups excluding carboxylic acids is 1. The highest BCUT2D eigenvalue weighted by Crippen LogP contribution is 2.24. The SMILES string of the molecule is C=CCN1CCN(C(=O)C2CCCCc3nn(Cc4cccc(F)c4)c(=O)n32)CC1. The van der Waals surface area contributed by atoms with E-state index in [-0.39, 0.29) is 24.0 Å². The van der Waals surface area contributed by atoms with Crippen molar-refractivity contribution in [2.45, 2.75) is 38.3 Å². The lowest BCUT2D eigenvalue weighted by Crippen LogP contribution is -2.51. The van der Waals surface area contributed by atoms with E-state index in [1.165, 1.54) is 16.8 Å². The van der Waals surface area contributed by atoms with Crippen LogP contribution < -0.4 is 5.69 Å². The van der Waals surface area contributed by atoms with E-state index in [0.29, 0.717) is 37.3 Å². The average Bonchev–Trinajstić information content (AvgIpc) is 2.91. The lowest BCUT2D eigenvalue weighted by molar-refractivity contribution is -0.136. The van der Waals surface area contributed by atoms with Crippen molar-refractivity contribution in [1.29, 1.82) is 0 Å². The van der Waals surface area contributed by atoms with Crippen LogP contribution in [-0.2, 0) is 17.8 Å². The Kier molecular flexibility index (Phi) is 6.13. The molecule has 1 fully saturated rings. The second-order valence-corrected chi connectivity index (χ2v) is 8.03. The maximum atomic E-state index is 13.5. The van der Waals surface area contributed by atoms with Gasteiger partial charge in [-0.1, -0.05) is 24.6 Å². The van der Waals surface area contributed by atoms with Crippen LogP contribution in [0.3, 0.4) is 0 Å². The molecular weight excluding hydrogens is 385 g/mol. The second-order valence-electron chi connectivity index (χ2n) is 8.03. The Morgan fingerprint density at radius 1 is 1.23 bits per heavy atom. The molecule has 1 atom stereocenters. The van der Waals surface area contributed by atoms with Crippen molar-refractivity contribution < 1.29 is 9.18 Å². The number of halogens is 1. The molecule has 4 rings (SSSR count). The van der Waals surface area contributed by atoms with Gasteiger partial charge in [0.1, 0.15) is 17.7 Å². The van der Waals surface area contributed by atoms with Crippen LogP contribution in [0.2, 0.25) is 0 Å². The Morgan fingerprint density at radius 3 is 2.77 bits per heavy atom. The van der Waals surface area contributed by atoms with Gasteiger partial charge in [0.15, 0.2) is 0 Å². The summed E-state index contributed by atoms with van der Waals surface area (Å²) in [4.78, 5) is 30.6. The summed E-state index contributed by atoms with van der Waals surface area (Å²) in [5, 5.41) is 4.50. The molecule has 2 aliphatic rings. The topological polar surface area (TPSA) is 63.4 Å². The maximum absolute atomic E-state index is 13.5. The van der Waals surface area contributed by atoms with E-state index in [0.717, 1.165) is 32.5 Å². The summed E-state index contributed by atoms with van der Waals surface area (Å²) >= 11 is 0. The van der Waals surface area contributed by atoms with Gasteiger partial charge in [-0.3, -0.25) is 14.3 Å². The summed E-state index contributed by atoms with van der Waals surface area (Å²) in [6.07, 6.45) is 4.97. The van der Waals surface area contributed by atoms with Crippen LogP contribution in [0.1, 0.15) is 36.7 Å². The van der Waals surface area contributed by atoms with Crippen molar-refractivity contribution in [2.75, 3.05) is 32.7 Å². The third-order valence-corrected chi connectivity index (χ3v) is 5.96. The fourth-order valence-corrected chi connectivity index (χ4v) is 4.39. The Hall–Kier alpha value is -2.74. The molecule has 0 spiro atoms. The predicted molar refractivity (Wildman–Crippen MR) is 112 cm³/mol. The first kappa shape index (κ1) is 20.5. The molecule has 0 radical (unpaired) electrons. The van der Waals surface area contributed by atoms with E-state index in [1.807, 2.05) is 11.0 Å². The third kappa shape index (κ3) is 4.23. The van der Waals surface area contributed by atoms with Crippen LogP contribution in [0.15, 0.2) is 41.7 Å². The first-order chi connectivity index (χ1) is 14.6. The average molecular weight is 413 g/mol. The van der Waals surface area contributed by atoms with Crippen LogP contribution in [0.25, 0.3) is 0 Å². The Labute approximate surface area is 175 Å². The number of rotatable bonds is 5. The number of benzene rings is 1. The highest BCUT2D eigenvalue weighted by Gasteiger charge is 2.33. The molecule has 1 unspecified atom stereocenters. The predicted octanol–water partition coefficient (Wildman–Crippen LogP) is 1.83. The van der Waals surface area contributed by atoms with Gasteiger partial charge in [-0.2, -0.15) is 5.10 Å². The zero-order chi connectivity index (χ0) is 21.1. The molecular formula is C22H28FN5O2. The molecule has 1 aromatic heterocycles. The molecule has 160 valence electrons. The molecule has 0 aliphatic carbocycles. The minimum Gasteiger partial charge on any atom is -0.338 e. The molecule has 8 heteroatoms. The van der Waals surface area contributed by atoms with Crippen molar-refractivity contribution in [3.8, 4) is 0 Å². The van der Waals surface area contributed by atoms with Crippen molar-refractivity contribution >= 4 is 5.91 Å². The van der Waals surface area contributed by atoms with Crippen LogP contribution >= 0.6 is 0 Å². The molecule has 1 amide bonds. The molecule has 2 aliphatic heterocycles. The van der Waals surface area contributed by atoms with Gasteiger partial charge >= 0.3 is 5.69 Å². The van der Waals surface area contributed by atoms with E-state index in [4.69, 9.17) is 0 Å². The Morgan fingerprint density at radius 2 is 2.03 bits per heavy atom. The Balaban J connectivity index is 1.57. The van der Waals surface area contributed by atoms with Crippen molar-refractivity contribution in [2.24, 2.45) is 0 Å². The van der Waals surface area contributed by atoms with Gasteiger partial charge in [0.2, 0.25) is 5.91 Å². The largest absolute Gasteiger partial charge is 0.346 e. The highest BCUT2D eigenvalue weighted by atomic mass is 19.1. The highest BCUT2D eigenvalue weighted by molar-refractivity contribution is 5.80. The lowest BCUT2D eigenvalue weighted by atomic mass is 10.1. The molecule has 0 bridgehead atoms. The minimum absolute atomic E-state index is 0.00353. The number of aromatic nitrogens is 3. The van der Waals surface area contributed by atoms with Crippen molar-refractivity contribution in [3.05, 3.63) is 64.6 Å². The first-order valence-corrected chi connectivity index (χ1v) is 10.6. The van der Waals surface area contributed by atoms with Crippen LogP contribution in [0.5, 0.6) is 0 Å². The van der Waals surface area contributed by atoms with Gasteiger partial charge < -0.3 is 4.90 Å². The van der Waals surface area contributed by atoms with Crippen molar-refractivity contribution in [1.82, 2.24) is 24.1 Å². The number of amides is 1. The number of piperazine rings is 1. The van der Waals surface area contributed by atoms with E-state index >= 15 is 0 Å². The quantitative estimate of drug-likeness (QED) is 0.702. The fourth-order valence-electron chi connectivity index (χ4n) is 4.39. The van der Waals surface area contributed by atoms with Crippen LogP contribution in [0, 0.1) is 5.82 Å². The third-order valence-electron chi connectivity index (χ3n) is 5.96. The molecule has 2 aromatic rings. The summed E-state index contributed by atoms with van der Waals surface area (Å²) < 4.78 is 16.5. The first-order valence-electron chi connectivity index (χ1n) is 10.6. The monoisotopic (exact) mass is 413 g/mol. The molecule has 30 heavy (non-hydrogen) atoms. The summed E-state index contributed by atoms with van der Waals surface area (Å²) in [6.45, 7) is 7.72. The summed E-state index contributed by atoms with van der Waals surface area (Å²) in [6, 6.07) is 5.66. The second kappa shape index (κ2) is 8.95. The number of carbonyl (C=O) groups is 1. The van der Waals surface area contributed by atoms with Gasteiger partial charge in [0.25, 0.3) is 0 Å². The maximum Gasteiger partial charge on any atom is 0.346 e. The Bertz CT molecular complexity index is 974. The normalized spacial score (nSPS) is 19.9. The molecule has 1 saturated heterocycles. The van der Waals surface area contributed by atoms with Crippen LogP contribution in [-0.4, -0.2) is 62.8 Å². The molecule has 3 heterocycles. The smallest absolute Gasteiger partial charge is 0.338 e. The number of aryl methyl sites for hydroxylation is 1. The van der Waals surface area contributed by atoms with E-state index in [9.17, 15) is 14.0 Å². The summed E-state index contributed by atoms with van der Waals surface area (Å²) in [5.41, 5.74) is 0.381. The van der Waals surface area contributed by atoms with Gasteiger partial charge in [-0.05, 0) is 30.5 Å². The number of fused-ring (bicyclic) bond motifs is 1. The molecule has 1 aromatic carbocycles.